The van der Waals surface area contributed by atoms with Crippen LogP contribution in [-0.2, 0) is 14.8 Å². The largest absolute Gasteiger partial charge is 0.355 e. The maximum absolute atomic E-state index is 12.8. The number of nitro benzene ring substituents is 1. The van der Waals surface area contributed by atoms with E-state index in [1.54, 1.807) is 0 Å². The Morgan fingerprint density at radius 3 is 2.23 bits per heavy atom. The zero-order valence-electron chi connectivity index (χ0n) is 17.9. The molecule has 31 heavy (non-hydrogen) atoms. The minimum Gasteiger partial charge on any atom is -0.355 e. The molecule has 1 saturated heterocycles. The summed E-state index contributed by atoms with van der Waals surface area (Å²) in [6.07, 6.45) is 8.12. The Morgan fingerprint density at radius 2 is 1.65 bits per heavy atom. The average Bonchev–Trinajstić information content (AvgIpc) is 3.16. The number of amides is 1. The third-order valence-corrected chi connectivity index (χ3v) is 7.64. The van der Waals surface area contributed by atoms with Crippen molar-refractivity contribution in [3.63, 3.8) is 0 Å². The Morgan fingerprint density at radius 1 is 1.06 bits per heavy atom. The summed E-state index contributed by atoms with van der Waals surface area (Å²) in [4.78, 5) is 22.7. The molecule has 1 aliphatic carbocycles. The fraction of sp³-hybridized carbons (Fsp3) is 0.545. The number of carbonyl (C=O) groups is 1. The summed E-state index contributed by atoms with van der Waals surface area (Å²) >= 11 is 0. The summed E-state index contributed by atoms with van der Waals surface area (Å²) in [6.45, 7) is 1.19. The molecule has 0 spiro atoms. The van der Waals surface area contributed by atoms with E-state index in [4.69, 9.17) is 0 Å². The Hall–Kier alpha value is -2.00. The number of nitrogens with one attached hydrogen (secondary N) is 1. The topological polar surface area (TPSA) is 110 Å². The van der Waals surface area contributed by atoms with E-state index in [1.165, 1.54) is 47.8 Å². The lowest BCUT2D eigenvalue weighted by molar-refractivity contribution is -0.384. The molecule has 8 nitrogen and oxygen atoms in total. The first-order valence-corrected chi connectivity index (χ1v) is 11.7. The second-order valence-corrected chi connectivity index (χ2v) is 9.79. The zero-order valence-corrected chi connectivity index (χ0v) is 18.7. The van der Waals surface area contributed by atoms with Gasteiger partial charge in [-0.3, -0.25) is 14.9 Å². The van der Waals surface area contributed by atoms with Gasteiger partial charge in [0.2, 0.25) is 15.9 Å². The molecule has 1 saturated carbocycles. The lowest BCUT2D eigenvalue weighted by Gasteiger charge is -2.20. The molecule has 1 N–H and O–H groups in total. The average molecular weight is 451 g/mol. The number of hydrogen-bond acceptors (Lipinski definition) is 5. The van der Waals surface area contributed by atoms with E-state index in [1.807, 2.05) is 0 Å². The second-order valence-electron chi connectivity index (χ2n) is 7.85. The fourth-order valence-electron chi connectivity index (χ4n) is 3.99. The SMILES string of the molecule is O=C(NCC1CCN(S(=O)(=O)c2ccc([N+](=O)[O-])cc2)C1)[C]1CCCCCCC1.[CH2].[CH2]. The van der Waals surface area contributed by atoms with Gasteiger partial charge in [0, 0.05) is 31.8 Å². The van der Waals surface area contributed by atoms with Crippen LogP contribution in [0.3, 0.4) is 0 Å². The predicted octanol–water partition coefficient (Wildman–Crippen LogP) is 3.69. The minimum absolute atomic E-state index is 0. The van der Waals surface area contributed by atoms with Gasteiger partial charge in [0.15, 0.2) is 0 Å². The number of hydrogen-bond donors (Lipinski definition) is 1. The van der Waals surface area contributed by atoms with Crippen molar-refractivity contribution in [3.8, 4) is 0 Å². The van der Waals surface area contributed by atoms with Crippen LogP contribution in [0.25, 0.3) is 0 Å². The number of nitro groups is 1. The summed E-state index contributed by atoms with van der Waals surface area (Å²) in [5, 5.41) is 13.7. The molecule has 1 amide bonds. The van der Waals surface area contributed by atoms with Gasteiger partial charge in [-0.2, -0.15) is 4.31 Å². The lowest BCUT2D eigenvalue weighted by Crippen LogP contribution is -2.35. The number of nitrogens with zero attached hydrogens (tertiary/aromatic N) is 2. The maximum atomic E-state index is 12.8. The first-order chi connectivity index (χ1) is 13.9. The van der Waals surface area contributed by atoms with Gasteiger partial charge in [0.25, 0.3) is 5.69 Å². The van der Waals surface area contributed by atoms with Gasteiger partial charge in [0.05, 0.1) is 15.7 Å². The number of sulfonamides is 1. The Balaban J connectivity index is 0.00000240. The van der Waals surface area contributed by atoms with Crippen molar-refractivity contribution < 1.29 is 18.1 Å². The van der Waals surface area contributed by atoms with Crippen LogP contribution >= 0.6 is 0 Å². The normalized spacial score (nSPS) is 20.6. The molecule has 9 heteroatoms. The molecule has 1 aliphatic heterocycles. The highest BCUT2D eigenvalue weighted by Crippen LogP contribution is 2.27. The summed E-state index contributed by atoms with van der Waals surface area (Å²) in [6, 6.07) is 4.95. The van der Waals surface area contributed by atoms with E-state index >= 15 is 0 Å². The molecule has 2 fully saturated rings. The number of rotatable bonds is 6. The molecule has 3 rings (SSSR count). The van der Waals surface area contributed by atoms with Gasteiger partial charge < -0.3 is 5.32 Å². The van der Waals surface area contributed by atoms with Crippen LogP contribution in [0.15, 0.2) is 29.2 Å². The van der Waals surface area contributed by atoms with Crippen LogP contribution in [0, 0.1) is 36.8 Å². The summed E-state index contributed by atoms with van der Waals surface area (Å²) in [5.41, 5.74) is -0.141. The molecule has 1 atom stereocenters. The summed E-state index contributed by atoms with van der Waals surface area (Å²) < 4.78 is 27.0. The van der Waals surface area contributed by atoms with Crippen molar-refractivity contribution in [1.29, 1.82) is 0 Å². The van der Waals surface area contributed by atoms with Crippen LogP contribution in [0.5, 0.6) is 0 Å². The number of non-ortho nitro benzene ring substituents is 1. The van der Waals surface area contributed by atoms with Crippen molar-refractivity contribution in [3.05, 3.63) is 55.2 Å². The molecule has 5 radical (unpaired) electrons. The highest BCUT2D eigenvalue weighted by molar-refractivity contribution is 7.89. The van der Waals surface area contributed by atoms with Crippen LogP contribution in [0.2, 0.25) is 0 Å². The van der Waals surface area contributed by atoms with Crippen molar-refractivity contribution in [2.75, 3.05) is 19.6 Å². The quantitative estimate of drug-likeness (QED) is 0.525. The number of benzene rings is 1. The zero-order chi connectivity index (χ0) is 20.9. The molecule has 1 unspecified atom stereocenters. The Labute approximate surface area is 186 Å². The highest BCUT2D eigenvalue weighted by atomic mass is 32.2. The van der Waals surface area contributed by atoms with E-state index in [0.29, 0.717) is 26.1 Å². The third-order valence-electron chi connectivity index (χ3n) is 5.76. The summed E-state index contributed by atoms with van der Waals surface area (Å²) in [5.74, 6) is 1.06. The van der Waals surface area contributed by atoms with Gasteiger partial charge in [-0.15, -0.1) is 0 Å². The van der Waals surface area contributed by atoms with Crippen LogP contribution in [0.1, 0.15) is 51.4 Å². The van der Waals surface area contributed by atoms with Crippen molar-refractivity contribution >= 4 is 21.6 Å². The Kier molecular flexibility index (Phi) is 10.6. The van der Waals surface area contributed by atoms with Crippen molar-refractivity contribution in [2.45, 2.75) is 56.3 Å². The van der Waals surface area contributed by atoms with E-state index < -0.39 is 14.9 Å². The van der Waals surface area contributed by atoms with Gasteiger partial charge in [0.1, 0.15) is 0 Å². The van der Waals surface area contributed by atoms with Crippen molar-refractivity contribution in [2.24, 2.45) is 5.92 Å². The van der Waals surface area contributed by atoms with Crippen molar-refractivity contribution in [1.82, 2.24) is 9.62 Å². The third kappa shape index (κ3) is 7.00. The van der Waals surface area contributed by atoms with E-state index in [2.05, 4.69) is 5.32 Å². The molecular weight excluding hydrogens is 418 g/mol. The van der Waals surface area contributed by atoms with Crippen LogP contribution in [0.4, 0.5) is 5.69 Å². The lowest BCUT2D eigenvalue weighted by atomic mass is 9.90. The Bertz CT molecular complexity index is 818. The van der Waals surface area contributed by atoms with Crippen LogP contribution < -0.4 is 5.32 Å². The molecule has 2 aliphatic rings. The molecule has 1 aromatic carbocycles. The molecular formula is C22H32N3O5S. The monoisotopic (exact) mass is 450 g/mol. The fourth-order valence-corrected chi connectivity index (χ4v) is 5.52. The first kappa shape index (κ1) is 27.0. The molecule has 0 aromatic heterocycles. The molecule has 1 aromatic rings. The molecule has 1 heterocycles. The van der Waals surface area contributed by atoms with E-state index in [-0.39, 0.29) is 37.3 Å². The number of carbonyl (C=O) groups excluding carboxylic acids is 1. The van der Waals surface area contributed by atoms with E-state index in [9.17, 15) is 23.3 Å². The van der Waals surface area contributed by atoms with Gasteiger partial charge in [-0.25, -0.2) is 8.42 Å². The molecule has 171 valence electrons. The smallest absolute Gasteiger partial charge is 0.269 e. The second kappa shape index (κ2) is 12.1. The van der Waals surface area contributed by atoms with Gasteiger partial charge in [-0.1, -0.05) is 47.0 Å². The minimum atomic E-state index is -3.69. The van der Waals surface area contributed by atoms with E-state index in [0.717, 1.165) is 31.6 Å². The van der Waals surface area contributed by atoms with Crippen LogP contribution in [-0.4, -0.2) is 43.2 Å². The summed E-state index contributed by atoms with van der Waals surface area (Å²) in [7, 11) is -3.69. The van der Waals surface area contributed by atoms with Gasteiger partial charge in [-0.05, 0) is 37.3 Å². The molecule has 0 bridgehead atoms. The maximum Gasteiger partial charge on any atom is 0.269 e. The first-order valence-electron chi connectivity index (χ1n) is 10.3. The highest BCUT2D eigenvalue weighted by Gasteiger charge is 2.33. The predicted molar refractivity (Wildman–Crippen MR) is 119 cm³/mol. The van der Waals surface area contributed by atoms with Gasteiger partial charge >= 0.3 is 0 Å². The standard InChI is InChI=1S/C20H28N3O5S.2CH2/c24-20(17-6-4-2-1-3-5-7-17)21-14-16-12-13-22(15-16)29(27,28)19-10-8-18(9-11-19)23(25)26;;/h8-11,16H,1-7,12-15H2,(H,21,24);2*1H2.